The lowest BCUT2D eigenvalue weighted by Gasteiger charge is -2.39. The summed E-state index contributed by atoms with van der Waals surface area (Å²) < 4.78 is 34.4. The first-order chi connectivity index (χ1) is 27.6. The van der Waals surface area contributed by atoms with Crippen molar-refractivity contribution < 1.29 is 52.2 Å². The zero-order chi connectivity index (χ0) is 41.8. The predicted molar refractivity (Wildman–Crippen MR) is 198 cm³/mol. The summed E-state index contributed by atoms with van der Waals surface area (Å²) in [6.07, 6.45) is 2.09. The number of carbonyl (C=O) groups excluding carboxylic acids is 7. The van der Waals surface area contributed by atoms with Gasteiger partial charge in [0, 0.05) is 38.5 Å². The summed E-state index contributed by atoms with van der Waals surface area (Å²) in [5, 5.41) is 21.0. The van der Waals surface area contributed by atoms with Gasteiger partial charge in [0.15, 0.2) is 0 Å². The molecule has 5 N–H and O–H groups in total. The van der Waals surface area contributed by atoms with Crippen LogP contribution >= 0.6 is 0 Å². The Hall–Kier alpha value is -5.79. The van der Waals surface area contributed by atoms with Gasteiger partial charge in [0.05, 0.1) is 24.2 Å². The minimum absolute atomic E-state index is 0.0347. The summed E-state index contributed by atoms with van der Waals surface area (Å²) in [7, 11) is 0. The third-order valence-electron chi connectivity index (χ3n) is 10.9. The number of nitrogens with zero attached hydrogens (tertiary/aromatic N) is 5. The molecule has 5 heterocycles. The van der Waals surface area contributed by atoms with Gasteiger partial charge in [-0.3, -0.25) is 24.0 Å². The van der Waals surface area contributed by atoms with Crippen molar-refractivity contribution in [2.75, 3.05) is 25.0 Å². The molecule has 1 aromatic carbocycles. The van der Waals surface area contributed by atoms with Crippen LogP contribution in [-0.2, 0) is 39.9 Å². The number of hydrogen-bond donors (Lipinski definition) is 5. The molecular formula is C38H47F2N9O9. The van der Waals surface area contributed by atoms with Crippen molar-refractivity contribution in [3.63, 3.8) is 0 Å². The minimum Gasteiger partial charge on any atom is -0.458 e. The van der Waals surface area contributed by atoms with E-state index >= 15 is 0 Å². The molecule has 0 unspecified atom stereocenters. The first-order valence-corrected chi connectivity index (χ1v) is 19.3. The number of anilines is 1. The molecule has 0 spiro atoms. The minimum atomic E-state index is -1.76. The molecule has 0 saturated carbocycles. The van der Waals surface area contributed by atoms with E-state index in [2.05, 4.69) is 31.2 Å². The van der Waals surface area contributed by atoms with Crippen LogP contribution in [0.2, 0.25) is 0 Å². The Kier molecular flexibility index (Phi) is 12.8. The second-order valence-electron chi connectivity index (χ2n) is 15.4. The Bertz CT molecular complexity index is 1910. The second-order valence-corrected chi connectivity index (χ2v) is 15.4. The summed E-state index contributed by atoms with van der Waals surface area (Å²) in [5.74, 6) is -6.69. The largest absolute Gasteiger partial charge is 0.458 e. The molecule has 7 amide bonds. The number of aliphatic hydroxyl groups excluding tert-OH is 1. The molecule has 4 saturated heterocycles. The predicted octanol–water partition coefficient (Wildman–Crippen LogP) is 0.00230. The van der Waals surface area contributed by atoms with Crippen LogP contribution < -0.4 is 21.3 Å². The smallest absolute Gasteiger partial charge is 0.329 e. The van der Waals surface area contributed by atoms with Crippen LogP contribution in [0.5, 0.6) is 0 Å². The van der Waals surface area contributed by atoms with Crippen LogP contribution in [0, 0.1) is 17.6 Å². The van der Waals surface area contributed by atoms with Gasteiger partial charge in [0.1, 0.15) is 60.3 Å². The summed E-state index contributed by atoms with van der Waals surface area (Å²) >= 11 is 0. The highest BCUT2D eigenvalue weighted by Gasteiger charge is 2.49. The van der Waals surface area contributed by atoms with E-state index in [9.17, 15) is 47.4 Å². The molecule has 9 atom stereocenters. The van der Waals surface area contributed by atoms with E-state index in [0.29, 0.717) is 18.9 Å². The van der Waals surface area contributed by atoms with Gasteiger partial charge < -0.3 is 45.8 Å². The fraction of sp³-hybridized carbons (Fsp3) is 0.553. The number of nitrogens with one attached hydrogen (secondary N) is 4. The molecular weight excluding hydrogens is 764 g/mol. The average molecular weight is 812 g/mol. The second kappa shape index (κ2) is 17.8. The number of piperidine rings is 1. The number of cyclic esters (lactones) is 1. The fourth-order valence-electron chi connectivity index (χ4n) is 8.09. The number of aromatic nitrogens is 2. The maximum Gasteiger partial charge on any atom is 0.329 e. The van der Waals surface area contributed by atoms with Crippen LogP contribution in [0.4, 0.5) is 19.3 Å². The molecule has 18 nitrogen and oxygen atoms in total. The molecule has 6 rings (SSSR count). The molecule has 2 aromatic rings. The molecule has 0 radical (unpaired) electrons. The van der Waals surface area contributed by atoms with Crippen molar-refractivity contribution in [1.29, 1.82) is 0 Å². The summed E-state index contributed by atoms with van der Waals surface area (Å²) in [4.78, 5) is 109. The maximum absolute atomic E-state index is 14.7. The zero-order valence-electron chi connectivity index (χ0n) is 32.2. The van der Waals surface area contributed by atoms with Gasteiger partial charge >= 0.3 is 12.0 Å². The fourth-order valence-corrected chi connectivity index (χ4v) is 8.09. The van der Waals surface area contributed by atoms with Crippen molar-refractivity contribution in [2.45, 2.75) is 108 Å². The number of carbonyl (C=O) groups is 7. The molecule has 4 aliphatic rings. The highest BCUT2D eigenvalue weighted by molar-refractivity contribution is 5.98. The van der Waals surface area contributed by atoms with E-state index in [-0.39, 0.29) is 56.1 Å². The first kappa shape index (κ1) is 41.8. The molecule has 1 aromatic heterocycles. The molecule has 4 fully saturated rings. The molecule has 58 heavy (non-hydrogen) atoms. The Morgan fingerprint density at radius 2 is 1.59 bits per heavy atom. The topological polar surface area (TPSA) is 233 Å². The van der Waals surface area contributed by atoms with E-state index in [1.165, 1.54) is 42.4 Å². The van der Waals surface area contributed by atoms with Crippen LogP contribution in [0.25, 0.3) is 0 Å². The van der Waals surface area contributed by atoms with Crippen molar-refractivity contribution in [3.8, 4) is 0 Å². The van der Waals surface area contributed by atoms with Gasteiger partial charge in [0.25, 0.3) is 0 Å². The maximum atomic E-state index is 14.7. The third kappa shape index (κ3) is 9.49. The van der Waals surface area contributed by atoms with Crippen LogP contribution in [0.1, 0.15) is 58.4 Å². The number of hydrogen-bond acceptors (Lipinski definition) is 11. The van der Waals surface area contributed by atoms with Gasteiger partial charge in [-0.1, -0.05) is 6.92 Å². The lowest BCUT2D eigenvalue weighted by atomic mass is 9.98. The van der Waals surface area contributed by atoms with Crippen molar-refractivity contribution in [1.82, 2.24) is 40.6 Å². The van der Waals surface area contributed by atoms with E-state index in [1.54, 1.807) is 0 Å². The van der Waals surface area contributed by atoms with Crippen molar-refractivity contribution in [2.24, 2.45) is 5.92 Å². The number of urea groups is 1. The quantitative estimate of drug-likeness (QED) is 0.244. The van der Waals surface area contributed by atoms with Gasteiger partial charge in [0.2, 0.25) is 29.5 Å². The SMILES string of the molecule is C[C@@H]1C[C@H]2C(=O)O[C@@H](C)[C@H](NC(=O)[C@H](Cc3cc(F)cc(F)c3)NC(=O)Nc3cncnc3)C(=O)N3C[C@H](O)C[C@H]3C(=O)N3CCCC[C@H]3C(=O)N[C@@H](C)C(=O)N2C1. The van der Waals surface area contributed by atoms with E-state index < -0.39 is 108 Å². The monoisotopic (exact) mass is 811 g/mol. The first-order valence-electron chi connectivity index (χ1n) is 19.3. The Morgan fingerprint density at radius 3 is 2.29 bits per heavy atom. The van der Waals surface area contributed by atoms with E-state index in [4.69, 9.17) is 4.74 Å². The van der Waals surface area contributed by atoms with Crippen LogP contribution in [-0.4, -0.2) is 139 Å². The Balaban J connectivity index is 1.36. The van der Waals surface area contributed by atoms with Crippen molar-refractivity contribution in [3.05, 3.63) is 54.1 Å². The Morgan fingerprint density at radius 1 is 0.897 bits per heavy atom. The number of halogens is 2. The van der Waals surface area contributed by atoms with Crippen LogP contribution in [0.15, 0.2) is 36.9 Å². The average Bonchev–Trinajstić information content (AvgIpc) is 3.77. The van der Waals surface area contributed by atoms with E-state index in [1.807, 2.05) is 6.92 Å². The molecule has 20 heteroatoms. The van der Waals surface area contributed by atoms with Gasteiger partial charge in [-0.15, -0.1) is 0 Å². The number of fused-ring (bicyclic) bond motifs is 3. The van der Waals surface area contributed by atoms with Crippen LogP contribution in [0.3, 0.4) is 0 Å². The molecule has 312 valence electrons. The van der Waals surface area contributed by atoms with Crippen molar-refractivity contribution >= 4 is 47.2 Å². The summed E-state index contributed by atoms with van der Waals surface area (Å²) in [5.41, 5.74) is 0.108. The summed E-state index contributed by atoms with van der Waals surface area (Å²) in [6, 6.07) is -6.22. The van der Waals surface area contributed by atoms with Gasteiger partial charge in [-0.25, -0.2) is 28.3 Å². The Labute approximate surface area is 332 Å². The summed E-state index contributed by atoms with van der Waals surface area (Å²) in [6.45, 7) is 4.63. The number of benzene rings is 1. The van der Waals surface area contributed by atoms with Gasteiger partial charge in [-0.2, -0.15) is 0 Å². The zero-order valence-corrected chi connectivity index (χ0v) is 32.2. The normalized spacial score (nSPS) is 28.8. The third-order valence-corrected chi connectivity index (χ3v) is 10.9. The highest BCUT2D eigenvalue weighted by Crippen LogP contribution is 2.29. The van der Waals surface area contributed by atoms with Gasteiger partial charge in [-0.05, 0) is 63.1 Å². The number of ether oxygens (including phenoxy) is 1. The molecule has 0 bridgehead atoms. The number of esters is 1. The number of amides is 7. The lowest BCUT2D eigenvalue weighted by Crippen LogP contribution is -2.63. The number of aliphatic hydroxyl groups is 1. The standard InChI is InChI=1S/C38H47F2N9O9/c1-19-8-30-37(56)58-21(3)31(46-32(51)27(11-22-9-23(39)12-24(40)10-22)45-38(57)44-25-14-41-18-42-15-25)36(55)49-17-26(50)13-29(49)35(54)47-7-5-4-6-28(47)33(52)43-20(2)34(53)48(30)16-19/h9-10,12,14-15,18-21,26-31,50H,4-8,11,13,16-17H2,1-3H3,(H,43,52)(H,46,51)(H2,44,45,57)/t19-,20+,21+,26-,27+,28+,29+,30+,31+/m1/s1. The number of rotatable bonds is 6. The molecule has 4 aliphatic heterocycles. The molecule has 0 aliphatic carbocycles. The van der Waals surface area contributed by atoms with E-state index in [0.717, 1.165) is 17.0 Å². The highest BCUT2D eigenvalue weighted by atomic mass is 19.1. The lowest BCUT2D eigenvalue weighted by molar-refractivity contribution is -0.163.